The summed E-state index contributed by atoms with van der Waals surface area (Å²) < 4.78 is 19.3. The highest BCUT2D eigenvalue weighted by Crippen LogP contribution is 2.44. The third-order valence-electron chi connectivity index (χ3n) is 3.99. The Bertz CT molecular complexity index is 419. The highest BCUT2D eigenvalue weighted by Gasteiger charge is 2.34. The van der Waals surface area contributed by atoms with Crippen molar-refractivity contribution in [3.63, 3.8) is 0 Å². The van der Waals surface area contributed by atoms with Crippen molar-refractivity contribution in [2.75, 3.05) is 20.2 Å². The SMILES string of the molecule is COc1cccc(C2CCC2CNCC(C)C)c1F. The van der Waals surface area contributed by atoms with E-state index in [0.717, 1.165) is 25.1 Å². The lowest BCUT2D eigenvalue weighted by atomic mass is 9.69. The third-order valence-corrected chi connectivity index (χ3v) is 3.99. The average Bonchev–Trinajstić information content (AvgIpc) is 2.35. The van der Waals surface area contributed by atoms with E-state index >= 15 is 0 Å². The van der Waals surface area contributed by atoms with Crippen LogP contribution in [0.25, 0.3) is 0 Å². The molecule has 1 aliphatic carbocycles. The predicted octanol–water partition coefficient (Wildman–Crippen LogP) is 3.57. The van der Waals surface area contributed by atoms with Crippen LogP contribution in [-0.2, 0) is 0 Å². The van der Waals surface area contributed by atoms with Crippen molar-refractivity contribution in [3.8, 4) is 5.75 Å². The van der Waals surface area contributed by atoms with Gasteiger partial charge in [0.1, 0.15) is 0 Å². The van der Waals surface area contributed by atoms with Gasteiger partial charge in [-0.2, -0.15) is 0 Å². The molecule has 1 aliphatic rings. The molecular weight excluding hydrogens is 241 g/mol. The van der Waals surface area contributed by atoms with Crippen LogP contribution in [0.15, 0.2) is 18.2 Å². The molecule has 1 saturated carbocycles. The largest absolute Gasteiger partial charge is 0.494 e. The molecule has 0 aromatic heterocycles. The van der Waals surface area contributed by atoms with Gasteiger partial charge in [0.2, 0.25) is 0 Å². The van der Waals surface area contributed by atoms with Crippen LogP contribution in [-0.4, -0.2) is 20.2 Å². The molecule has 2 unspecified atom stereocenters. The summed E-state index contributed by atoms with van der Waals surface area (Å²) in [7, 11) is 1.52. The number of ether oxygens (including phenoxy) is 1. The van der Waals surface area contributed by atoms with Crippen molar-refractivity contribution in [2.24, 2.45) is 11.8 Å². The summed E-state index contributed by atoms with van der Waals surface area (Å²) in [4.78, 5) is 0. The highest BCUT2D eigenvalue weighted by molar-refractivity contribution is 5.34. The van der Waals surface area contributed by atoms with E-state index in [2.05, 4.69) is 19.2 Å². The molecule has 0 saturated heterocycles. The zero-order valence-corrected chi connectivity index (χ0v) is 12.1. The Morgan fingerprint density at radius 3 is 2.74 bits per heavy atom. The first-order valence-electron chi connectivity index (χ1n) is 7.16. The smallest absolute Gasteiger partial charge is 0.168 e. The van der Waals surface area contributed by atoms with Crippen LogP contribution in [0.2, 0.25) is 0 Å². The van der Waals surface area contributed by atoms with Crippen molar-refractivity contribution in [1.29, 1.82) is 0 Å². The molecule has 1 N–H and O–H groups in total. The molecule has 0 spiro atoms. The summed E-state index contributed by atoms with van der Waals surface area (Å²) in [5.74, 6) is 1.74. The van der Waals surface area contributed by atoms with E-state index in [1.807, 2.05) is 12.1 Å². The van der Waals surface area contributed by atoms with Crippen LogP contribution in [0.4, 0.5) is 4.39 Å². The number of hydrogen-bond donors (Lipinski definition) is 1. The quantitative estimate of drug-likeness (QED) is 0.849. The van der Waals surface area contributed by atoms with Gasteiger partial charge in [-0.25, -0.2) is 4.39 Å². The van der Waals surface area contributed by atoms with Crippen molar-refractivity contribution in [1.82, 2.24) is 5.32 Å². The molecule has 0 heterocycles. The molecule has 1 fully saturated rings. The van der Waals surface area contributed by atoms with Gasteiger partial charge in [0.25, 0.3) is 0 Å². The molecule has 0 bridgehead atoms. The van der Waals surface area contributed by atoms with E-state index in [9.17, 15) is 4.39 Å². The Morgan fingerprint density at radius 2 is 2.16 bits per heavy atom. The van der Waals surface area contributed by atoms with Gasteiger partial charge in [0.05, 0.1) is 7.11 Å². The summed E-state index contributed by atoms with van der Waals surface area (Å²) in [5.41, 5.74) is 0.821. The lowest BCUT2D eigenvalue weighted by Gasteiger charge is -2.37. The maximum atomic E-state index is 14.2. The number of halogens is 1. The van der Waals surface area contributed by atoms with Crippen LogP contribution in [0.3, 0.4) is 0 Å². The summed E-state index contributed by atoms with van der Waals surface area (Å²) >= 11 is 0. The Labute approximate surface area is 115 Å². The minimum absolute atomic E-state index is 0.177. The number of nitrogens with one attached hydrogen (secondary N) is 1. The van der Waals surface area contributed by atoms with Gasteiger partial charge in [-0.05, 0) is 55.3 Å². The van der Waals surface area contributed by atoms with Gasteiger partial charge in [-0.15, -0.1) is 0 Å². The van der Waals surface area contributed by atoms with Crippen LogP contribution in [0.5, 0.6) is 5.75 Å². The molecule has 2 rings (SSSR count). The fourth-order valence-corrected chi connectivity index (χ4v) is 2.75. The van der Waals surface area contributed by atoms with E-state index in [1.165, 1.54) is 13.5 Å². The Hall–Kier alpha value is -1.09. The van der Waals surface area contributed by atoms with Crippen LogP contribution < -0.4 is 10.1 Å². The van der Waals surface area contributed by atoms with Crippen LogP contribution in [0, 0.1) is 17.7 Å². The minimum atomic E-state index is -0.177. The number of benzene rings is 1. The van der Waals surface area contributed by atoms with E-state index < -0.39 is 0 Å². The monoisotopic (exact) mass is 265 g/mol. The molecule has 19 heavy (non-hydrogen) atoms. The van der Waals surface area contributed by atoms with E-state index in [-0.39, 0.29) is 5.82 Å². The van der Waals surface area contributed by atoms with Crippen molar-refractivity contribution < 1.29 is 9.13 Å². The predicted molar refractivity (Wildman–Crippen MR) is 76.1 cm³/mol. The maximum absolute atomic E-state index is 14.2. The standard InChI is InChI=1S/C16H24FNO/c1-11(2)9-18-10-12-7-8-13(12)14-5-4-6-15(19-3)16(14)17/h4-6,11-13,18H,7-10H2,1-3H3. The molecule has 3 heteroatoms. The molecule has 2 nitrogen and oxygen atoms in total. The zero-order chi connectivity index (χ0) is 13.8. The third kappa shape index (κ3) is 3.27. The van der Waals surface area contributed by atoms with Gasteiger partial charge in [-0.1, -0.05) is 26.0 Å². The van der Waals surface area contributed by atoms with Gasteiger partial charge < -0.3 is 10.1 Å². The summed E-state index contributed by atoms with van der Waals surface area (Å²) in [5, 5.41) is 3.48. The fourth-order valence-electron chi connectivity index (χ4n) is 2.75. The Kier molecular flexibility index (Phi) is 4.81. The van der Waals surface area contributed by atoms with E-state index in [1.54, 1.807) is 6.07 Å². The molecule has 2 atom stereocenters. The minimum Gasteiger partial charge on any atom is -0.494 e. The second-order valence-electron chi connectivity index (χ2n) is 5.86. The van der Waals surface area contributed by atoms with Gasteiger partial charge in [-0.3, -0.25) is 0 Å². The molecule has 1 aromatic carbocycles. The Balaban J connectivity index is 1.98. The number of rotatable bonds is 6. The van der Waals surface area contributed by atoms with Gasteiger partial charge in [0, 0.05) is 0 Å². The lowest BCUT2D eigenvalue weighted by molar-refractivity contribution is 0.236. The zero-order valence-electron chi connectivity index (χ0n) is 12.1. The molecule has 0 aliphatic heterocycles. The van der Waals surface area contributed by atoms with Gasteiger partial charge >= 0.3 is 0 Å². The fraction of sp³-hybridized carbons (Fsp3) is 0.625. The van der Waals surface area contributed by atoms with Gasteiger partial charge in [0.15, 0.2) is 11.6 Å². The normalized spacial score (nSPS) is 22.4. The summed E-state index contributed by atoms with van der Waals surface area (Å²) in [6.45, 7) is 6.42. The topological polar surface area (TPSA) is 21.3 Å². The lowest BCUT2D eigenvalue weighted by Crippen LogP contribution is -2.35. The first-order chi connectivity index (χ1) is 9.13. The maximum Gasteiger partial charge on any atom is 0.168 e. The summed E-state index contributed by atoms with van der Waals surface area (Å²) in [6.07, 6.45) is 2.27. The van der Waals surface area contributed by atoms with Crippen molar-refractivity contribution in [2.45, 2.75) is 32.6 Å². The van der Waals surface area contributed by atoms with E-state index in [0.29, 0.717) is 23.5 Å². The van der Waals surface area contributed by atoms with E-state index in [4.69, 9.17) is 4.74 Å². The second kappa shape index (κ2) is 6.38. The molecule has 1 aromatic rings. The molecule has 0 amide bonds. The first kappa shape index (κ1) is 14.3. The number of methoxy groups -OCH3 is 1. The van der Waals surface area contributed by atoms with Crippen LogP contribution >= 0.6 is 0 Å². The molecular formula is C16H24FNO. The Morgan fingerprint density at radius 1 is 1.37 bits per heavy atom. The first-order valence-corrected chi connectivity index (χ1v) is 7.16. The highest BCUT2D eigenvalue weighted by atomic mass is 19.1. The summed E-state index contributed by atoms with van der Waals surface area (Å²) in [6, 6.07) is 5.47. The van der Waals surface area contributed by atoms with Crippen molar-refractivity contribution in [3.05, 3.63) is 29.6 Å². The molecule has 0 radical (unpaired) electrons. The average molecular weight is 265 g/mol. The second-order valence-corrected chi connectivity index (χ2v) is 5.86. The van der Waals surface area contributed by atoms with Crippen LogP contribution in [0.1, 0.15) is 38.2 Å². The van der Waals surface area contributed by atoms with Crippen molar-refractivity contribution >= 4 is 0 Å². The number of hydrogen-bond acceptors (Lipinski definition) is 2. The molecule has 106 valence electrons.